The molecular formula is C13H17ClN2. The third-order valence-corrected chi connectivity index (χ3v) is 4.19. The number of halogens is 1. The first-order chi connectivity index (χ1) is 7.76. The average Bonchev–Trinajstić information content (AvgIpc) is 3.01. The fraction of sp³-hybridized carbons (Fsp3) is 0.615. The Morgan fingerprint density at radius 2 is 2.25 bits per heavy atom. The van der Waals surface area contributed by atoms with Gasteiger partial charge in [0.15, 0.2) is 0 Å². The fourth-order valence-electron chi connectivity index (χ4n) is 2.79. The van der Waals surface area contributed by atoms with Gasteiger partial charge < -0.3 is 5.32 Å². The van der Waals surface area contributed by atoms with Crippen LogP contribution in [-0.4, -0.2) is 17.6 Å². The van der Waals surface area contributed by atoms with Crippen molar-refractivity contribution in [1.82, 2.24) is 10.3 Å². The largest absolute Gasteiger partial charge is 0.314 e. The first kappa shape index (κ1) is 10.5. The normalized spacial score (nSPS) is 26.9. The molecule has 1 unspecified atom stereocenters. The number of hydrogen-bond donors (Lipinski definition) is 1. The maximum absolute atomic E-state index is 5.83. The van der Waals surface area contributed by atoms with Crippen LogP contribution in [0.15, 0.2) is 18.3 Å². The van der Waals surface area contributed by atoms with Crippen molar-refractivity contribution in [3.05, 3.63) is 29.0 Å². The SMILES string of the molecule is Clc1ccc(CC2CC3(CCN2)CC3)nc1. The number of nitrogens with zero attached hydrogens (tertiary/aromatic N) is 1. The molecular weight excluding hydrogens is 220 g/mol. The van der Waals surface area contributed by atoms with Crippen LogP contribution in [-0.2, 0) is 6.42 Å². The second-order valence-electron chi connectivity index (χ2n) is 5.28. The molecule has 2 aliphatic rings. The average molecular weight is 237 g/mol. The van der Waals surface area contributed by atoms with Gasteiger partial charge in [0.25, 0.3) is 0 Å². The quantitative estimate of drug-likeness (QED) is 0.854. The number of piperidine rings is 1. The van der Waals surface area contributed by atoms with Gasteiger partial charge in [0.1, 0.15) is 0 Å². The summed E-state index contributed by atoms with van der Waals surface area (Å²) >= 11 is 5.83. The number of hydrogen-bond acceptors (Lipinski definition) is 2. The first-order valence-corrected chi connectivity index (χ1v) is 6.47. The van der Waals surface area contributed by atoms with E-state index in [-0.39, 0.29) is 0 Å². The molecule has 0 aromatic carbocycles. The van der Waals surface area contributed by atoms with E-state index in [1.165, 1.54) is 32.2 Å². The van der Waals surface area contributed by atoms with Gasteiger partial charge in [0.05, 0.1) is 5.02 Å². The Morgan fingerprint density at radius 3 is 2.94 bits per heavy atom. The molecule has 1 saturated heterocycles. The van der Waals surface area contributed by atoms with Gasteiger partial charge in [-0.1, -0.05) is 11.6 Å². The molecule has 1 saturated carbocycles. The molecule has 3 rings (SSSR count). The third-order valence-electron chi connectivity index (χ3n) is 3.97. The van der Waals surface area contributed by atoms with Crippen LogP contribution in [0, 0.1) is 5.41 Å². The van der Waals surface area contributed by atoms with Crippen molar-refractivity contribution in [2.24, 2.45) is 5.41 Å². The molecule has 1 atom stereocenters. The molecule has 0 radical (unpaired) electrons. The van der Waals surface area contributed by atoms with E-state index >= 15 is 0 Å². The minimum Gasteiger partial charge on any atom is -0.314 e. The molecule has 1 aromatic rings. The summed E-state index contributed by atoms with van der Waals surface area (Å²) in [6, 6.07) is 4.59. The highest BCUT2D eigenvalue weighted by atomic mass is 35.5. The number of pyridine rings is 1. The Bertz CT molecular complexity index is 370. The standard InChI is InChI=1S/C13H17ClN2/c14-10-1-2-11(16-9-10)7-12-8-13(3-4-13)5-6-15-12/h1-2,9,12,15H,3-8H2. The minimum atomic E-state index is 0.616. The van der Waals surface area contributed by atoms with E-state index < -0.39 is 0 Å². The van der Waals surface area contributed by atoms with Crippen molar-refractivity contribution in [2.45, 2.75) is 38.1 Å². The lowest BCUT2D eigenvalue weighted by molar-refractivity contribution is 0.280. The van der Waals surface area contributed by atoms with E-state index in [1.54, 1.807) is 6.20 Å². The summed E-state index contributed by atoms with van der Waals surface area (Å²) in [5.41, 5.74) is 1.86. The number of nitrogens with one attached hydrogen (secondary N) is 1. The monoisotopic (exact) mass is 236 g/mol. The summed E-state index contributed by atoms with van der Waals surface area (Å²) in [6.07, 6.45) is 8.37. The highest BCUT2D eigenvalue weighted by Gasteiger charge is 2.45. The first-order valence-electron chi connectivity index (χ1n) is 6.10. The van der Waals surface area contributed by atoms with Crippen LogP contribution in [0.4, 0.5) is 0 Å². The predicted octanol–water partition coefficient (Wildman–Crippen LogP) is 2.81. The Labute approximate surface area is 101 Å². The Morgan fingerprint density at radius 1 is 1.38 bits per heavy atom. The van der Waals surface area contributed by atoms with Crippen LogP contribution in [0.2, 0.25) is 5.02 Å². The Hall–Kier alpha value is -0.600. The van der Waals surface area contributed by atoms with Crippen LogP contribution in [0.5, 0.6) is 0 Å². The smallest absolute Gasteiger partial charge is 0.0589 e. The van der Waals surface area contributed by atoms with Gasteiger partial charge in [-0.2, -0.15) is 0 Å². The van der Waals surface area contributed by atoms with E-state index in [4.69, 9.17) is 11.6 Å². The predicted molar refractivity (Wildman–Crippen MR) is 65.6 cm³/mol. The highest BCUT2D eigenvalue weighted by Crippen LogP contribution is 2.53. The van der Waals surface area contributed by atoms with E-state index in [0.717, 1.165) is 17.1 Å². The van der Waals surface area contributed by atoms with Gasteiger partial charge in [-0.3, -0.25) is 4.98 Å². The van der Waals surface area contributed by atoms with Crippen LogP contribution < -0.4 is 5.32 Å². The Kier molecular flexibility index (Phi) is 2.64. The lowest BCUT2D eigenvalue weighted by Crippen LogP contribution is -2.40. The van der Waals surface area contributed by atoms with Crippen LogP contribution in [0.1, 0.15) is 31.4 Å². The van der Waals surface area contributed by atoms with Crippen LogP contribution in [0.3, 0.4) is 0 Å². The molecule has 1 aliphatic heterocycles. The van der Waals surface area contributed by atoms with Gasteiger partial charge in [-0.25, -0.2) is 0 Å². The van der Waals surface area contributed by atoms with Crippen molar-refractivity contribution in [2.75, 3.05) is 6.54 Å². The summed E-state index contributed by atoms with van der Waals surface area (Å²) < 4.78 is 0. The fourth-order valence-corrected chi connectivity index (χ4v) is 2.91. The van der Waals surface area contributed by atoms with Crippen molar-refractivity contribution >= 4 is 11.6 Å². The van der Waals surface area contributed by atoms with E-state index in [2.05, 4.69) is 10.3 Å². The molecule has 1 aliphatic carbocycles. The van der Waals surface area contributed by atoms with Crippen molar-refractivity contribution < 1.29 is 0 Å². The Balaban J connectivity index is 1.63. The maximum atomic E-state index is 5.83. The zero-order chi connectivity index (χ0) is 11.0. The molecule has 1 aromatic heterocycles. The van der Waals surface area contributed by atoms with Gasteiger partial charge >= 0.3 is 0 Å². The molecule has 2 nitrogen and oxygen atoms in total. The molecule has 3 heteroatoms. The third kappa shape index (κ3) is 2.23. The van der Waals surface area contributed by atoms with Gasteiger partial charge in [-0.15, -0.1) is 0 Å². The summed E-state index contributed by atoms with van der Waals surface area (Å²) in [6.45, 7) is 1.18. The summed E-state index contributed by atoms with van der Waals surface area (Å²) in [4.78, 5) is 4.37. The zero-order valence-corrected chi connectivity index (χ0v) is 10.1. The van der Waals surface area contributed by atoms with Crippen molar-refractivity contribution in [1.29, 1.82) is 0 Å². The summed E-state index contributed by atoms with van der Waals surface area (Å²) in [7, 11) is 0. The molecule has 2 fully saturated rings. The molecule has 16 heavy (non-hydrogen) atoms. The van der Waals surface area contributed by atoms with E-state index in [0.29, 0.717) is 11.5 Å². The lowest BCUT2D eigenvalue weighted by Gasteiger charge is -2.30. The second-order valence-corrected chi connectivity index (χ2v) is 5.71. The maximum Gasteiger partial charge on any atom is 0.0589 e. The van der Waals surface area contributed by atoms with Gasteiger partial charge in [0.2, 0.25) is 0 Å². The number of rotatable bonds is 2. The molecule has 86 valence electrons. The summed E-state index contributed by atoms with van der Waals surface area (Å²) in [5.74, 6) is 0. The number of aromatic nitrogens is 1. The van der Waals surface area contributed by atoms with E-state index in [1.807, 2.05) is 12.1 Å². The van der Waals surface area contributed by atoms with Crippen molar-refractivity contribution in [3.63, 3.8) is 0 Å². The van der Waals surface area contributed by atoms with Crippen LogP contribution in [0.25, 0.3) is 0 Å². The van der Waals surface area contributed by atoms with E-state index in [9.17, 15) is 0 Å². The summed E-state index contributed by atoms with van der Waals surface area (Å²) in [5, 5.41) is 4.33. The molecule has 1 N–H and O–H groups in total. The lowest BCUT2D eigenvalue weighted by atomic mass is 9.87. The molecule has 2 heterocycles. The molecule has 0 amide bonds. The molecule has 1 spiro atoms. The topological polar surface area (TPSA) is 24.9 Å². The molecule has 0 bridgehead atoms. The van der Waals surface area contributed by atoms with Gasteiger partial charge in [-0.05, 0) is 49.8 Å². The minimum absolute atomic E-state index is 0.616. The zero-order valence-electron chi connectivity index (χ0n) is 9.38. The van der Waals surface area contributed by atoms with Crippen molar-refractivity contribution in [3.8, 4) is 0 Å². The second kappa shape index (κ2) is 4.01. The van der Waals surface area contributed by atoms with Crippen LogP contribution >= 0.6 is 11.6 Å². The van der Waals surface area contributed by atoms with Gasteiger partial charge in [0, 0.05) is 24.4 Å². The highest BCUT2D eigenvalue weighted by molar-refractivity contribution is 6.30.